The predicted octanol–water partition coefficient (Wildman–Crippen LogP) is 3.72. The first-order valence-electron chi connectivity index (χ1n) is 9.39. The lowest BCUT2D eigenvalue weighted by Crippen LogP contribution is -2.33. The number of aromatic nitrogens is 3. The van der Waals surface area contributed by atoms with Crippen LogP contribution in [0.25, 0.3) is 0 Å². The number of methoxy groups -OCH3 is 1. The van der Waals surface area contributed by atoms with Crippen molar-refractivity contribution >= 4 is 29.0 Å². The molecule has 0 bridgehead atoms. The smallest absolute Gasteiger partial charge is 0.277 e. The van der Waals surface area contributed by atoms with E-state index in [2.05, 4.69) is 15.2 Å². The van der Waals surface area contributed by atoms with Gasteiger partial charge in [-0.2, -0.15) is 0 Å². The second-order valence-corrected chi connectivity index (χ2v) is 8.87. The van der Waals surface area contributed by atoms with Gasteiger partial charge in [-0.3, -0.25) is 4.79 Å². The Morgan fingerprint density at radius 3 is 2.76 bits per heavy atom. The highest BCUT2D eigenvalue weighted by molar-refractivity contribution is 7.99. The van der Waals surface area contributed by atoms with Crippen molar-refractivity contribution in [2.45, 2.75) is 44.0 Å². The highest BCUT2D eigenvalue weighted by Gasteiger charge is 2.32. The van der Waals surface area contributed by atoms with Gasteiger partial charge in [-0.25, -0.2) is 4.98 Å². The maximum absolute atomic E-state index is 12.8. The van der Waals surface area contributed by atoms with E-state index in [1.54, 1.807) is 18.4 Å². The number of rotatable bonds is 9. The van der Waals surface area contributed by atoms with Gasteiger partial charge < -0.3 is 14.1 Å². The molecule has 7 nitrogen and oxygen atoms in total. The summed E-state index contributed by atoms with van der Waals surface area (Å²) in [6.45, 7) is 2.57. The van der Waals surface area contributed by atoms with Gasteiger partial charge in [0.15, 0.2) is 0 Å². The fourth-order valence-electron chi connectivity index (χ4n) is 2.95. The van der Waals surface area contributed by atoms with Crippen molar-refractivity contribution in [3.05, 3.63) is 51.8 Å². The van der Waals surface area contributed by atoms with E-state index in [1.165, 1.54) is 11.8 Å². The van der Waals surface area contributed by atoms with Crippen molar-refractivity contribution in [1.82, 2.24) is 20.1 Å². The Morgan fingerprint density at radius 2 is 2.10 bits per heavy atom. The van der Waals surface area contributed by atoms with Gasteiger partial charge in [0.1, 0.15) is 5.75 Å². The molecule has 0 spiro atoms. The maximum atomic E-state index is 12.8. The Kier molecular flexibility index (Phi) is 6.15. The molecule has 2 heterocycles. The molecule has 1 amide bonds. The largest absolute Gasteiger partial charge is 0.497 e. The van der Waals surface area contributed by atoms with E-state index >= 15 is 0 Å². The van der Waals surface area contributed by atoms with E-state index < -0.39 is 0 Å². The Labute approximate surface area is 177 Å². The zero-order chi connectivity index (χ0) is 20.2. The summed E-state index contributed by atoms with van der Waals surface area (Å²) in [4.78, 5) is 19.2. The molecule has 0 unspecified atom stereocenters. The summed E-state index contributed by atoms with van der Waals surface area (Å²) < 4.78 is 10.9. The quantitative estimate of drug-likeness (QED) is 0.479. The van der Waals surface area contributed by atoms with Crippen LogP contribution in [-0.4, -0.2) is 44.9 Å². The molecule has 0 N–H and O–H groups in total. The first-order valence-corrected chi connectivity index (χ1v) is 11.3. The van der Waals surface area contributed by atoms with Crippen LogP contribution in [0.5, 0.6) is 5.75 Å². The molecule has 1 saturated carbocycles. The van der Waals surface area contributed by atoms with Crippen molar-refractivity contribution in [1.29, 1.82) is 0 Å². The van der Waals surface area contributed by atoms with Crippen molar-refractivity contribution in [3.8, 4) is 5.75 Å². The summed E-state index contributed by atoms with van der Waals surface area (Å²) in [7, 11) is 1.65. The van der Waals surface area contributed by atoms with Gasteiger partial charge in [0.2, 0.25) is 11.8 Å². The molecule has 0 aliphatic heterocycles. The highest BCUT2D eigenvalue weighted by atomic mass is 32.2. The number of nitrogens with zero attached hydrogens (tertiary/aromatic N) is 4. The van der Waals surface area contributed by atoms with Crippen LogP contribution in [0.4, 0.5) is 0 Å². The molecule has 0 atom stereocenters. The summed E-state index contributed by atoms with van der Waals surface area (Å²) in [5, 5.41) is 11.5. The van der Waals surface area contributed by atoms with Crippen LogP contribution in [-0.2, 0) is 17.8 Å². The van der Waals surface area contributed by atoms with E-state index in [-0.39, 0.29) is 11.7 Å². The molecule has 1 aromatic carbocycles. The van der Waals surface area contributed by atoms with Crippen LogP contribution in [0.15, 0.2) is 39.3 Å². The number of amides is 1. The zero-order valence-corrected chi connectivity index (χ0v) is 18.0. The average Bonchev–Trinajstić information content (AvgIpc) is 3.34. The topological polar surface area (TPSA) is 81.4 Å². The lowest BCUT2D eigenvalue weighted by molar-refractivity contribution is -0.129. The molecule has 1 aliphatic rings. The van der Waals surface area contributed by atoms with Gasteiger partial charge >= 0.3 is 0 Å². The van der Waals surface area contributed by atoms with Crippen LogP contribution in [0, 0.1) is 6.92 Å². The minimum atomic E-state index is 0.0863. The normalized spacial score (nSPS) is 13.4. The summed E-state index contributed by atoms with van der Waals surface area (Å²) in [5.74, 6) is 1.70. The highest BCUT2D eigenvalue weighted by Crippen LogP contribution is 2.30. The second-order valence-electron chi connectivity index (χ2n) is 6.89. The van der Waals surface area contributed by atoms with Gasteiger partial charge in [0.05, 0.1) is 30.0 Å². The van der Waals surface area contributed by atoms with E-state index in [0.717, 1.165) is 34.9 Å². The molecular weight excluding hydrogens is 408 g/mol. The Balaban J connectivity index is 1.32. The molecule has 152 valence electrons. The number of benzene rings is 1. The lowest BCUT2D eigenvalue weighted by atomic mass is 10.2. The van der Waals surface area contributed by atoms with E-state index in [0.29, 0.717) is 30.1 Å². The number of carbonyl (C=O) groups is 1. The van der Waals surface area contributed by atoms with E-state index in [4.69, 9.17) is 9.15 Å². The number of hydrogen-bond donors (Lipinski definition) is 0. The van der Waals surface area contributed by atoms with Gasteiger partial charge in [-0.05, 0) is 37.5 Å². The van der Waals surface area contributed by atoms with Crippen molar-refractivity contribution in [2.24, 2.45) is 0 Å². The molecule has 2 aromatic heterocycles. The summed E-state index contributed by atoms with van der Waals surface area (Å²) in [6.07, 6.45) is 2.63. The van der Waals surface area contributed by atoms with Gasteiger partial charge in [0, 0.05) is 18.0 Å². The van der Waals surface area contributed by atoms with Crippen molar-refractivity contribution < 1.29 is 13.9 Å². The van der Waals surface area contributed by atoms with Crippen LogP contribution in [0.1, 0.15) is 35.0 Å². The molecule has 0 saturated heterocycles. The molecule has 9 heteroatoms. The standard InChI is InChI=1S/C20H22N4O3S2/c1-13-21-15(11-28-13)9-18-22-23-20(27-18)29-12-19(25)24(16-5-6-16)10-14-3-7-17(26-2)8-4-14/h3-4,7-8,11,16H,5-6,9-10,12H2,1-2H3. The minimum Gasteiger partial charge on any atom is -0.497 e. The average molecular weight is 431 g/mol. The first kappa shape index (κ1) is 19.9. The monoisotopic (exact) mass is 430 g/mol. The van der Waals surface area contributed by atoms with Crippen LogP contribution >= 0.6 is 23.1 Å². The van der Waals surface area contributed by atoms with Crippen molar-refractivity contribution in [3.63, 3.8) is 0 Å². The Bertz CT molecular complexity index is 966. The van der Waals surface area contributed by atoms with Crippen LogP contribution in [0.3, 0.4) is 0 Å². The number of aryl methyl sites for hydroxylation is 1. The number of ether oxygens (including phenoxy) is 1. The molecule has 3 aromatic rings. The van der Waals surface area contributed by atoms with Gasteiger partial charge in [-0.15, -0.1) is 21.5 Å². The third-order valence-corrected chi connectivity index (χ3v) is 6.21. The van der Waals surface area contributed by atoms with Gasteiger partial charge in [-0.1, -0.05) is 23.9 Å². The fourth-order valence-corrected chi connectivity index (χ4v) is 4.23. The molecule has 1 fully saturated rings. The summed E-state index contributed by atoms with van der Waals surface area (Å²) in [5.41, 5.74) is 2.01. The van der Waals surface area contributed by atoms with Crippen molar-refractivity contribution in [2.75, 3.05) is 12.9 Å². The Hall–Kier alpha value is -2.39. The second kappa shape index (κ2) is 8.96. The number of carbonyl (C=O) groups excluding carboxylic acids is 1. The summed E-state index contributed by atoms with van der Waals surface area (Å²) in [6, 6.07) is 8.17. The molecule has 1 aliphatic carbocycles. The maximum Gasteiger partial charge on any atom is 0.277 e. The third kappa shape index (κ3) is 5.36. The molecule has 4 rings (SSSR count). The van der Waals surface area contributed by atoms with Gasteiger partial charge in [0.25, 0.3) is 5.22 Å². The third-order valence-electron chi connectivity index (χ3n) is 4.59. The zero-order valence-electron chi connectivity index (χ0n) is 16.3. The van der Waals surface area contributed by atoms with Crippen LogP contribution < -0.4 is 4.74 Å². The first-order chi connectivity index (χ1) is 14.1. The minimum absolute atomic E-state index is 0.0863. The molecule has 0 radical (unpaired) electrons. The molecular formula is C20H22N4O3S2. The van der Waals surface area contributed by atoms with Crippen LogP contribution in [0.2, 0.25) is 0 Å². The lowest BCUT2D eigenvalue weighted by Gasteiger charge is -2.22. The molecule has 29 heavy (non-hydrogen) atoms. The fraction of sp³-hybridized carbons (Fsp3) is 0.400. The summed E-state index contributed by atoms with van der Waals surface area (Å²) >= 11 is 2.88. The number of hydrogen-bond acceptors (Lipinski definition) is 8. The number of thioether (sulfide) groups is 1. The SMILES string of the molecule is COc1ccc(CN(C(=O)CSc2nnc(Cc3csc(C)n3)o2)C2CC2)cc1. The number of thiazole rings is 1. The van der Waals surface area contributed by atoms with E-state index in [9.17, 15) is 4.79 Å². The van der Waals surface area contributed by atoms with E-state index in [1.807, 2.05) is 41.5 Å². The predicted molar refractivity (Wildman–Crippen MR) is 111 cm³/mol. The Morgan fingerprint density at radius 1 is 1.31 bits per heavy atom.